The molecule has 1 aliphatic carbocycles. The molecule has 176 valence electrons. The number of amides is 3. The monoisotopic (exact) mass is 492 g/mol. The third-order valence-corrected chi connectivity index (χ3v) is 6.79. The summed E-state index contributed by atoms with van der Waals surface area (Å²) in [5.74, 6) is 0.0400. The van der Waals surface area contributed by atoms with Gasteiger partial charge in [0, 0.05) is 24.2 Å². The summed E-state index contributed by atoms with van der Waals surface area (Å²) in [7, 11) is -3.25. The predicted molar refractivity (Wildman–Crippen MR) is 125 cm³/mol. The molecule has 1 saturated carbocycles. The number of nitrogens with one attached hydrogen (secondary N) is 3. The highest BCUT2D eigenvalue weighted by atomic mass is 35.5. The van der Waals surface area contributed by atoms with E-state index in [2.05, 4.69) is 25.3 Å². The molecule has 1 aromatic carbocycles. The van der Waals surface area contributed by atoms with Crippen LogP contribution in [-0.2, 0) is 20.2 Å². The van der Waals surface area contributed by atoms with Gasteiger partial charge in [0.25, 0.3) is 0 Å². The number of carbonyl (C=O) groups is 2. The summed E-state index contributed by atoms with van der Waals surface area (Å²) in [5.41, 5.74) is 1.61. The number of anilines is 2. The number of halogens is 1. The number of rotatable bonds is 7. The van der Waals surface area contributed by atoms with Crippen LogP contribution in [0.25, 0.3) is 0 Å². The van der Waals surface area contributed by atoms with Crippen LogP contribution in [0.4, 0.5) is 16.3 Å². The number of hydrogen-bond donors (Lipinski definition) is 3. The summed E-state index contributed by atoms with van der Waals surface area (Å²) in [6.45, 7) is 0.925. The van der Waals surface area contributed by atoms with E-state index in [1.165, 1.54) is 12.4 Å². The van der Waals surface area contributed by atoms with Gasteiger partial charge < -0.3 is 10.2 Å². The molecule has 1 aliphatic heterocycles. The van der Waals surface area contributed by atoms with Crippen LogP contribution >= 0.6 is 11.6 Å². The number of benzene rings is 1. The molecule has 2 fully saturated rings. The maximum absolute atomic E-state index is 13.0. The zero-order valence-corrected chi connectivity index (χ0v) is 19.6. The van der Waals surface area contributed by atoms with E-state index in [-0.39, 0.29) is 22.3 Å². The first kappa shape index (κ1) is 23.4. The van der Waals surface area contributed by atoms with Gasteiger partial charge in [-0.15, -0.1) is 0 Å². The Morgan fingerprint density at radius 2 is 1.94 bits per heavy atom. The molecule has 12 heteroatoms. The lowest BCUT2D eigenvalue weighted by atomic mass is 9.95. The number of hydrogen-bond acceptors (Lipinski definition) is 6. The number of urea groups is 1. The quantitative estimate of drug-likeness (QED) is 0.541. The summed E-state index contributed by atoms with van der Waals surface area (Å²) >= 11 is 5.69. The molecule has 1 atom stereocenters. The number of sulfonamides is 1. The SMILES string of the molecule is CS(=O)(=O)NCC1(c2ccc(N3CCC[C@@H](NC(=O)Nc4cnc(Cl)cn4)C3=O)cc2)CC1. The number of piperidine rings is 1. The molecule has 33 heavy (non-hydrogen) atoms. The van der Waals surface area contributed by atoms with Gasteiger partial charge in [0.2, 0.25) is 15.9 Å². The number of aromatic nitrogens is 2. The van der Waals surface area contributed by atoms with Crippen LogP contribution in [0.1, 0.15) is 31.2 Å². The van der Waals surface area contributed by atoms with Crippen molar-refractivity contribution >= 4 is 45.1 Å². The molecule has 0 bridgehead atoms. The van der Waals surface area contributed by atoms with Crippen molar-refractivity contribution in [3.05, 3.63) is 47.4 Å². The topological polar surface area (TPSA) is 133 Å². The molecule has 0 radical (unpaired) electrons. The first-order valence-electron chi connectivity index (χ1n) is 10.6. The van der Waals surface area contributed by atoms with Crippen molar-refractivity contribution in [2.24, 2.45) is 0 Å². The lowest BCUT2D eigenvalue weighted by molar-refractivity contribution is -0.121. The molecular formula is C21H25ClN6O4S. The van der Waals surface area contributed by atoms with Crippen LogP contribution in [0.2, 0.25) is 5.15 Å². The fraction of sp³-hybridized carbons (Fsp3) is 0.429. The Kier molecular flexibility index (Phi) is 6.55. The highest BCUT2D eigenvalue weighted by Gasteiger charge is 2.44. The van der Waals surface area contributed by atoms with E-state index in [1.54, 1.807) is 4.90 Å². The van der Waals surface area contributed by atoms with Crippen molar-refractivity contribution < 1.29 is 18.0 Å². The van der Waals surface area contributed by atoms with Crippen LogP contribution < -0.4 is 20.3 Å². The number of nitrogens with zero attached hydrogens (tertiary/aromatic N) is 3. The second kappa shape index (κ2) is 9.24. The predicted octanol–water partition coefficient (Wildman–Crippen LogP) is 2.03. The fourth-order valence-electron chi connectivity index (χ4n) is 3.94. The molecule has 2 aliphatic rings. The van der Waals surface area contributed by atoms with E-state index in [1.807, 2.05) is 24.3 Å². The Morgan fingerprint density at radius 1 is 1.21 bits per heavy atom. The van der Waals surface area contributed by atoms with Gasteiger partial charge >= 0.3 is 6.03 Å². The summed E-state index contributed by atoms with van der Waals surface area (Å²) in [6, 6.07) is 6.44. The van der Waals surface area contributed by atoms with Crippen molar-refractivity contribution in [1.29, 1.82) is 0 Å². The zero-order chi connectivity index (χ0) is 23.6. The molecular weight excluding hydrogens is 468 g/mol. The highest BCUT2D eigenvalue weighted by molar-refractivity contribution is 7.88. The van der Waals surface area contributed by atoms with Crippen LogP contribution in [0.5, 0.6) is 0 Å². The Bertz CT molecular complexity index is 1140. The van der Waals surface area contributed by atoms with E-state index < -0.39 is 22.1 Å². The van der Waals surface area contributed by atoms with Gasteiger partial charge in [-0.2, -0.15) is 0 Å². The first-order chi connectivity index (χ1) is 15.7. The van der Waals surface area contributed by atoms with Crippen molar-refractivity contribution in [3.8, 4) is 0 Å². The van der Waals surface area contributed by atoms with Crippen LogP contribution in [-0.4, -0.2) is 55.7 Å². The van der Waals surface area contributed by atoms with Gasteiger partial charge in [-0.25, -0.2) is 27.9 Å². The smallest absolute Gasteiger partial charge is 0.321 e. The normalized spacial score (nSPS) is 19.8. The average molecular weight is 493 g/mol. The zero-order valence-electron chi connectivity index (χ0n) is 18.0. The Balaban J connectivity index is 1.38. The lowest BCUT2D eigenvalue weighted by Gasteiger charge is -2.33. The maximum atomic E-state index is 13.0. The van der Waals surface area contributed by atoms with Crippen molar-refractivity contribution in [3.63, 3.8) is 0 Å². The van der Waals surface area contributed by atoms with E-state index in [4.69, 9.17) is 11.6 Å². The molecule has 1 aromatic heterocycles. The highest BCUT2D eigenvalue weighted by Crippen LogP contribution is 2.48. The fourth-order valence-corrected chi connectivity index (χ4v) is 4.57. The molecule has 4 rings (SSSR count). The standard InChI is InChI=1S/C21H25ClN6O4S/c1-33(31,32)25-13-21(8-9-21)14-4-6-15(7-5-14)28-10-2-3-16(19(28)29)26-20(30)27-18-12-23-17(22)11-24-18/h4-7,11-12,16,25H,2-3,8-10,13H2,1H3,(H2,24,26,27,30)/t16-/m1/s1. The van der Waals surface area contributed by atoms with Crippen LogP contribution in [0.3, 0.4) is 0 Å². The van der Waals surface area contributed by atoms with Gasteiger partial charge in [0.1, 0.15) is 11.2 Å². The Labute approximate surface area is 197 Å². The Hall–Kier alpha value is -2.76. The minimum atomic E-state index is -3.25. The van der Waals surface area contributed by atoms with E-state index in [0.29, 0.717) is 19.5 Å². The van der Waals surface area contributed by atoms with Gasteiger partial charge in [-0.3, -0.25) is 10.1 Å². The van der Waals surface area contributed by atoms with E-state index in [0.717, 1.165) is 36.8 Å². The molecule has 3 N–H and O–H groups in total. The number of carbonyl (C=O) groups excluding carboxylic acids is 2. The summed E-state index contributed by atoms with van der Waals surface area (Å²) in [6.07, 6.45) is 6.90. The molecule has 10 nitrogen and oxygen atoms in total. The molecule has 0 unspecified atom stereocenters. The third-order valence-electron chi connectivity index (χ3n) is 5.92. The molecule has 2 aromatic rings. The van der Waals surface area contributed by atoms with Crippen molar-refractivity contribution in [2.75, 3.05) is 29.6 Å². The van der Waals surface area contributed by atoms with E-state index in [9.17, 15) is 18.0 Å². The molecule has 0 spiro atoms. The van der Waals surface area contributed by atoms with Gasteiger partial charge in [-0.1, -0.05) is 23.7 Å². The lowest BCUT2D eigenvalue weighted by Crippen LogP contribution is -2.53. The van der Waals surface area contributed by atoms with Gasteiger partial charge in [0.05, 0.1) is 18.6 Å². The van der Waals surface area contributed by atoms with Crippen molar-refractivity contribution in [1.82, 2.24) is 20.0 Å². The first-order valence-corrected chi connectivity index (χ1v) is 12.8. The average Bonchev–Trinajstić information content (AvgIpc) is 3.56. The van der Waals surface area contributed by atoms with Gasteiger partial charge in [-0.05, 0) is 43.4 Å². The third kappa shape index (κ3) is 5.79. The minimum absolute atomic E-state index is 0.180. The van der Waals surface area contributed by atoms with Crippen LogP contribution in [0, 0.1) is 0 Å². The summed E-state index contributed by atoms with van der Waals surface area (Å²) < 4.78 is 25.5. The maximum Gasteiger partial charge on any atom is 0.321 e. The Morgan fingerprint density at radius 3 is 2.55 bits per heavy atom. The van der Waals surface area contributed by atoms with Crippen LogP contribution in [0.15, 0.2) is 36.7 Å². The van der Waals surface area contributed by atoms with E-state index >= 15 is 0 Å². The summed E-state index contributed by atoms with van der Waals surface area (Å²) in [5, 5.41) is 5.46. The minimum Gasteiger partial charge on any atom is -0.326 e. The van der Waals surface area contributed by atoms with Gasteiger partial charge in [0.15, 0.2) is 5.82 Å². The molecule has 2 heterocycles. The van der Waals surface area contributed by atoms with Crippen molar-refractivity contribution in [2.45, 2.75) is 37.1 Å². The largest absolute Gasteiger partial charge is 0.326 e. The summed E-state index contributed by atoms with van der Waals surface area (Å²) in [4.78, 5) is 34.8. The second-order valence-corrected chi connectivity index (χ2v) is 10.6. The molecule has 3 amide bonds. The molecule has 1 saturated heterocycles. The second-order valence-electron chi connectivity index (χ2n) is 8.43.